The van der Waals surface area contributed by atoms with Crippen LogP contribution in [0.25, 0.3) is 10.9 Å². The Morgan fingerprint density at radius 3 is 2.55 bits per heavy atom. The highest BCUT2D eigenvalue weighted by molar-refractivity contribution is 5.84. The van der Waals surface area contributed by atoms with Gasteiger partial charge in [-0.3, -0.25) is 14.2 Å². The van der Waals surface area contributed by atoms with E-state index in [-0.39, 0.29) is 49.3 Å². The Kier molecular flexibility index (Phi) is 8.24. The molecule has 1 aromatic heterocycles. The molecule has 0 saturated carbocycles. The summed E-state index contributed by atoms with van der Waals surface area (Å²) in [6, 6.07) is 5.27. The molecule has 0 aliphatic carbocycles. The number of ether oxygens (including phenoxy) is 2. The first-order chi connectivity index (χ1) is 20.1. The second kappa shape index (κ2) is 11.8. The van der Waals surface area contributed by atoms with E-state index in [1.54, 1.807) is 0 Å². The lowest BCUT2D eigenvalue weighted by Gasteiger charge is -2.44. The van der Waals surface area contributed by atoms with E-state index in [0.717, 1.165) is 41.3 Å². The molecule has 6 rings (SSSR count). The van der Waals surface area contributed by atoms with Crippen molar-refractivity contribution in [2.45, 2.75) is 70.4 Å². The standard InChI is InChI=1S/C32H40F4N4O2/c1-20-12-24-23(7-8-28-25(24)16-37-40(28)29-6-4-5-10-42-29)31(39(20)19-32(2,3)36)30-26(34)13-22(14-27(30)35)41-11-9-38-17-21(15-33)18-38/h7-8,13-14,16,20-21,29,31H,4-6,9-12,15,17-19H2,1-3H3/t20-,29?,31?/m1/s1. The molecule has 0 bridgehead atoms. The molecule has 6 nitrogen and oxygen atoms in total. The van der Waals surface area contributed by atoms with E-state index in [4.69, 9.17) is 9.47 Å². The molecule has 0 amide bonds. The molecule has 228 valence electrons. The zero-order chi connectivity index (χ0) is 29.6. The molecule has 3 aliphatic heterocycles. The maximum Gasteiger partial charge on any atom is 0.150 e. The lowest BCUT2D eigenvalue weighted by Crippen LogP contribution is -2.49. The van der Waals surface area contributed by atoms with Gasteiger partial charge in [0.15, 0.2) is 6.23 Å². The Morgan fingerprint density at radius 1 is 1.12 bits per heavy atom. The first-order valence-corrected chi connectivity index (χ1v) is 15.1. The summed E-state index contributed by atoms with van der Waals surface area (Å²) in [6.45, 7) is 7.46. The van der Waals surface area contributed by atoms with E-state index >= 15 is 13.2 Å². The first kappa shape index (κ1) is 29.4. The summed E-state index contributed by atoms with van der Waals surface area (Å²) in [5.41, 5.74) is 0.956. The monoisotopic (exact) mass is 588 g/mol. The minimum Gasteiger partial charge on any atom is -0.492 e. The number of rotatable bonds is 9. The average molecular weight is 589 g/mol. The van der Waals surface area contributed by atoms with Gasteiger partial charge in [-0.15, -0.1) is 0 Å². The van der Waals surface area contributed by atoms with Crippen molar-refractivity contribution in [3.8, 4) is 5.75 Å². The van der Waals surface area contributed by atoms with E-state index < -0.39 is 23.3 Å². The summed E-state index contributed by atoms with van der Waals surface area (Å²) in [6.07, 6.45) is 5.27. The van der Waals surface area contributed by atoms with Gasteiger partial charge in [-0.1, -0.05) is 6.07 Å². The molecule has 42 heavy (non-hydrogen) atoms. The van der Waals surface area contributed by atoms with Gasteiger partial charge in [0.05, 0.1) is 24.4 Å². The van der Waals surface area contributed by atoms with Crippen molar-refractivity contribution in [1.82, 2.24) is 19.6 Å². The second-order valence-electron chi connectivity index (χ2n) is 12.8. The summed E-state index contributed by atoms with van der Waals surface area (Å²) in [5.74, 6) is -1.30. The molecular formula is C32H40F4N4O2. The van der Waals surface area contributed by atoms with Gasteiger partial charge in [0, 0.05) is 67.8 Å². The van der Waals surface area contributed by atoms with Gasteiger partial charge in [0.1, 0.15) is 29.7 Å². The summed E-state index contributed by atoms with van der Waals surface area (Å²) in [7, 11) is 0. The predicted octanol–water partition coefficient (Wildman–Crippen LogP) is 6.38. The van der Waals surface area contributed by atoms with Crippen LogP contribution in [0.2, 0.25) is 0 Å². The maximum absolute atomic E-state index is 15.9. The lowest BCUT2D eigenvalue weighted by atomic mass is 9.82. The van der Waals surface area contributed by atoms with Crippen LogP contribution in [0.15, 0.2) is 30.5 Å². The number of hydrogen-bond acceptors (Lipinski definition) is 5. The zero-order valence-electron chi connectivity index (χ0n) is 24.6. The predicted molar refractivity (Wildman–Crippen MR) is 153 cm³/mol. The Morgan fingerprint density at radius 2 is 1.88 bits per heavy atom. The van der Waals surface area contributed by atoms with Crippen molar-refractivity contribution < 1.29 is 27.0 Å². The Balaban J connectivity index is 1.34. The van der Waals surface area contributed by atoms with Gasteiger partial charge in [0.25, 0.3) is 0 Å². The summed E-state index contributed by atoms with van der Waals surface area (Å²) < 4.78 is 73.2. The number of alkyl halides is 2. The topological polar surface area (TPSA) is 42.8 Å². The third-order valence-corrected chi connectivity index (χ3v) is 8.86. The van der Waals surface area contributed by atoms with Crippen LogP contribution in [0.5, 0.6) is 5.75 Å². The molecule has 0 N–H and O–H groups in total. The van der Waals surface area contributed by atoms with Gasteiger partial charge in [-0.05, 0) is 63.6 Å². The second-order valence-corrected chi connectivity index (χ2v) is 12.8. The summed E-state index contributed by atoms with van der Waals surface area (Å²) in [5, 5.41) is 5.60. The highest BCUT2D eigenvalue weighted by Gasteiger charge is 2.40. The molecule has 2 saturated heterocycles. The zero-order valence-corrected chi connectivity index (χ0v) is 24.6. The van der Waals surface area contributed by atoms with Crippen molar-refractivity contribution in [1.29, 1.82) is 0 Å². The van der Waals surface area contributed by atoms with Crippen LogP contribution >= 0.6 is 0 Å². The van der Waals surface area contributed by atoms with E-state index in [2.05, 4.69) is 5.10 Å². The molecular weight excluding hydrogens is 548 g/mol. The molecule has 0 radical (unpaired) electrons. The third-order valence-electron chi connectivity index (χ3n) is 8.86. The Labute approximate surface area is 244 Å². The molecule has 2 aromatic carbocycles. The molecule has 2 unspecified atom stereocenters. The van der Waals surface area contributed by atoms with Crippen LogP contribution < -0.4 is 4.74 Å². The Hall–Kier alpha value is -2.69. The number of halogens is 4. The smallest absolute Gasteiger partial charge is 0.150 e. The molecule has 3 atom stereocenters. The average Bonchev–Trinajstić information content (AvgIpc) is 3.36. The fourth-order valence-electron chi connectivity index (χ4n) is 6.83. The largest absolute Gasteiger partial charge is 0.492 e. The van der Waals surface area contributed by atoms with Crippen LogP contribution in [-0.4, -0.2) is 77.4 Å². The van der Waals surface area contributed by atoms with Gasteiger partial charge in [-0.2, -0.15) is 5.10 Å². The molecule has 3 aromatic rings. The quantitative estimate of drug-likeness (QED) is 0.272. The van der Waals surface area contributed by atoms with Gasteiger partial charge in [-0.25, -0.2) is 17.9 Å². The fraction of sp³-hybridized carbons (Fsp3) is 0.594. The molecule has 0 spiro atoms. The van der Waals surface area contributed by atoms with E-state index in [0.29, 0.717) is 32.7 Å². The highest BCUT2D eigenvalue weighted by atomic mass is 19.1. The van der Waals surface area contributed by atoms with Crippen LogP contribution in [0.3, 0.4) is 0 Å². The first-order valence-electron chi connectivity index (χ1n) is 15.1. The van der Waals surface area contributed by atoms with E-state index in [9.17, 15) is 4.39 Å². The summed E-state index contributed by atoms with van der Waals surface area (Å²) in [4.78, 5) is 3.92. The minimum atomic E-state index is -1.58. The number of fused-ring (bicyclic) bond motifs is 3. The van der Waals surface area contributed by atoms with Crippen LogP contribution in [0, 0.1) is 17.6 Å². The van der Waals surface area contributed by atoms with Crippen molar-refractivity contribution in [2.24, 2.45) is 5.92 Å². The van der Waals surface area contributed by atoms with Crippen molar-refractivity contribution in [3.63, 3.8) is 0 Å². The van der Waals surface area contributed by atoms with Gasteiger partial charge < -0.3 is 9.47 Å². The highest BCUT2D eigenvalue weighted by Crippen LogP contribution is 2.44. The van der Waals surface area contributed by atoms with Crippen molar-refractivity contribution >= 4 is 10.9 Å². The molecule has 4 heterocycles. The normalized spacial score (nSPS) is 24.1. The van der Waals surface area contributed by atoms with Crippen LogP contribution in [0.4, 0.5) is 17.6 Å². The van der Waals surface area contributed by atoms with Gasteiger partial charge in [0.2, 0.25) is 0 Å². The summed E-state index contributed by atoms with van der Waals surface area (Å²) >= 11 is 0. The molecule has 3 aliphatic rings. The minimum absolute atomic E-state index is 0.0122. The van der Waals surface area contributed by atoms with E-state index in [1.165, 1.54) is 26.0 Å². The molecule has 2 fully saturated rings. The maximum atomic E-state index is 15.9. The van der Waals surface area contributed by atoms with Crippen LogP contribution in [0.1, 0.15) is 69.0 Å². The van der Waals surface area contributed by atoms with Crippen molar-refractivity contribution in [3.05, 3.63) is 58.8 Å². The third kappa shape index (κ3) is 5.77. The number of benzene rings is 2. The molecule has 10 heteroatoms. The number of likely N-dealkylation sites (tertiary alicyclic amines) is 1. The van der Waals surface area contributed by atoms with Crippen molar-refractivity contribution in [2.75, 3.05) is 46.1 Å². The van der Waals surface area contributed by atoms with E-state index in [1.807, 2.05) is 39.7 Å². The lowest BCUT2D eigenvalue weighted by molar-refractivity contribution is -0.0366. The number of hydrogen-bond donors (Lipinski definition) is 0. The SMILES string of the molecule is C[C@@H]1Cc2c(ccc3c2cnn3C2CCCCO2)C(c2c(F)cc(OCCN3CC(CF)C3)cc2F)N1CC(C)(C)F. The Bertz CT molecular complexity index is 1390. The van der Waals surface area contributed by atoms with Crippen LogP contribution in [-0.2, 0) is 11.2 Å². The fourth-order valence-corrected chi connectivity index (χ4v) is 6.83. The number of nitrogens with zero attached hydrogens (tertiary/aromatic N) is 4. The van der Waals surface area contributed by atoms with Gasteiger partial charge >= 0.3 is 0 Å². The number of aromatic nitrogens is 2.